The molecule has 14 heavy (non-hydrogen) atoms. The van der Waals surface area contributed by atoms with Gasteiger partial charge in [0, 0.05) is 6.54 Å². The Morgan fingerprint density at radius 3 is 2.50 bits per heavy atom. The summed E-state index contributed by atoms with van der Waals surface area (Å²) in [6, 6.07) is 1.65. The Balaban J connectivity index is 3.51. The van der Waals surface area contributed by atoms with Gasteiger partial charge in [-0.1, -0.05) is 0 Å². The van der Waals surface area contributed by atoms with Gasteiger partial charge in [-0.15, -0.1) is 0 Å². The van der Waals surface area contributed by atoms with Gasteiger partial charge in [0.15, 0.2) is 0 Å². The molecule has 0 rings (SSSR count). The molecule has 0 aromatic carbocycles. The van der Waals surface area contributed by atoms with Crippen molar-refractivity contribution in [3.05, 3.63) is 0 Å². The van der Waals surface area contributed by atoms with Crippen LogP contribution in [-0.2, 0) is 4.74 Å². The van der Waals surface area contributed by atoms with Gasteiger partial charge in [0.2, 0.25) is 0 Å². The van der Waals surface area contributed by atoms with Gasteiger partial charge >= 0.3 is 6.18 Å². The maximum absolute atomic E-state index is 11.6. The van der Waals surface area contributed by atoms with Crippen molar-refractivity contribution in [2.45, 2.75) is 19.1 Å². The maximum atomic E-state index is 11.6. The van der Waals surface area contributed by atoms with Crippen molar-refractivity contribution in [2.75, 3.05) is 26.8 Å². The largest absolute Gasteiger partial charge is 0.411 e. The lowest BCUT2D eigenvalue weighted by atomic mass is 10.3. The number of halogens is 3. The highest BCUT2D eigenvalue weighted by molar-refractivity contribution is 4.86. The van der Waals surface area contributed by atoms with Crippen LogP contribution in [0.4, 0.5) is 13.2 Å². The lowest BCUT2D eigenvalue weighted by Gasteiger charge is -2.18. The number of hydrogen-bond acceptors (Lipinski definition) is 3. The van der Waals surface area contributed by atoms with Gasteiger partial charge in [-0.25, -0.2) is 0 Å². The summed E-state index contributed by atoms with van der Waals surface area (Å²) in [4.78, 5) is 1.62. The van der Waals surface area contributed by atoms with Crippen molar-refractivity contribution in [1.82, 2.24) is 4.90 Å². The molecule has 0 aromatic heterocycles. The zero-order chi connectivity index (χ0) is 11.2. The summed E-state index contributed by atoms with van der Waals surface area (Å²) in [5, 5.41) is 8.48. The van der Waals surface area contributed by atoms with Gasteiger partial charge in [-0.3, -0.25) is 4.90 Å². The van der Waals surface area contributed by atoms with E-state index in [1.165, 1.54) is 0 Å². The predicted molar refractivity (Wildman–Crippen MR) is 44.6 cm³/mol. The minimum atomic E-state index is -4.28. The van der Waals surface area contributed by atoms with Crippen LogP contribution in [0, 0.1) is 11.3 Å². The Morgan fingerprint density at radius 2 is 2.07 bits per heavy atom. The predicted octanol–water partition coefficient (Wildman–Crippen LogP) is 1.41. The number of ether oxygens (including phenoxy) is 1. The monoisotopic (exact) mass is 210 g/mol. The second kappa shape index (κ2) is 5.83. The van der Waals surface area contributed by atoms with Crippen molar-refractivity contribution < 1.29 is 17.9 Å². The number of nitrogens with zero attached hydrogens (tertiary/aromatic N) is 2. The van der Waals surface area contributed by atoms with Gasteiger partial charge in [0.25, 0.3) is 0 Å². The van der Waals surface area contributed by atoms with Crippen molar-refractivity contribution in [3.63, 3.8) is 0 Å². The van der Waals surface area contributed by atoms with Crippen LogP contribution in [0.3, 0.4) is 0 Å². The third kappa shape index (κ3) is 6.69. The van der Waals surface area contributed by atoms with E-state index in [2.05, 4.69) is 4.74 Å². The highest BCUT2D eigenvalue weighted by Crippen LogP contribution is 2.14. The summed E-state index contributed by atoms with van der Waals surface area (Å²) in [7, 11) is 1.66. The molecule has 0 saturated heterocycles. The topological polar surface area (TPSA) is 36.3 Å². The SMILES string of the molecule is CC(C#N)N(C)CCOCC(F)(F)F. The second-order valence-electron chi connectivity index (χ2n) is 2.95. The van der Waals surface area contributed by atoms with Crippen LogP contribution in [0.15, 0.2) is 0 Å². The quantitative estimate of drug-likeness (QED) is 0.644. The van der Waals surface area contributed by atoms with Crippen LogP contribution in [0.1, 0.15) is 6.92 Å². The zero-order valence-electron chi connectivity index (χ0n) is 8.14. The van der Waals surface area contributed by atoms with Crippen molar-refractivity contribution in [1.29, 1.82) is 5.26 Å². The van der Waals surface area contributed by atoms with E-state index in [0.717, 1.165) is 0 Å². The molecule has 82 valence electrons. The van der Waals surface area contributed by atoms with Crippen LogP contribution in [0.25, 0.3) is 0 Å². The first-order chi connectivity index (χ1) is 6.37. The molecule has 0 fully saturated rings. The standard InChI is InChI=1S/C8H13F3N2O/c1-7(5-12)13(2)3-4-14-6-8(9,10)11/h7H,3-4,6H2,1-2H3. The summed E-state index contributed by atoms with van der Waals surface area (Å²) in [5.74, 6) is 0. The minimum absolute atomic E-state index is 0.0258. The average Bonchev–Trinajstić information content (AvgIpc) is 2.09. The fraction of sp³-hybridized carbons (Fsp3) is 0.875. The van der Waals surface area contributed by atoms with Gasteiger partial charge in [0.1, 0.15) is 6.61 Å². The van der Waals surface area contributed by atoms with E-state index >= 15 is 0 Å². The molecule has 0 heterocycles. The molecule has 1 unspecified atom stereocenters. The van der Waals surface area contributed by atoms with Crippen LogP contribution in [0.5, 0.6) is 0 Å². The van der Waals surface area contributed by atoms with Crippen LogP contribution < -0.4 is 0 Å². The summed E-state index contributed by atoms with van der Waals surface area (Å²) in [5.41, 5.74) is 0. The third-order valence-electron chi connectivity index (χ3n) is 1.70. The fourth-order valence-electron chi connectivity index (χ4n) is 0.689. The molecular formula is C8H13F3N2O. The Bertz CT molecular complexity index is 200. The van der Waals surface area contributed by atoms with Crippen molar-refractivity contribution >= 4 is 0 Å². The molecule has 0 aliphatic carbocycles. The van der Waals surface area contributed by atoms with E-state index in [1.807, 2.05) is 6.07 Å². The normalized spacial score (nSPS) is 14.1. The number of hydrogen-bond donors (Lipinski definition) is 0. The molecule has 0 aliphatic heterocycles. The van der Waals surface area contributed by atoms with Gasteiger partial charge < -0.3 is 4.74 Å². The van der Waals surface area contributed by atoms with Crippen molar-refractivity contribution in [3.8, 4) is 6.07 Å². The fourth-order valence-corrected chi connectivity index (χ4v) is 0.689. The van der Waals surface area contributed by atoms with Crippen LogP contribution >= 0.6 is 0 Å². The summed E-state index contributed by atoms with van der Waals surface area (Å²) in [6.07, 6.45) is -4.28. The number of rotatable bonds is 5. The first kappa shape index (κ1) is 13.2. The minimum Gasteiger partial charge on any atom is -0.371 e. The molecule has 0 N–H and O–H groups in total. The van der Waals surface area contributed by atoms with Gasteiger partial charge in [-0.05, 0) is 14.0 Å². The first-order valence-corrected chi connectivity index (χ1v) is 4.11. The highest BCUT2D eigenvalue weighted by Gasteiger charge is 2.27. The molecule has 0 radical (unpaired) electrons. The molecule has 0 amide bonds. The van der Waals surface area contributed by atoms with Crippen LogP contribution in [-0.4, -0.2) is 43.9 Å². The molecule has 0 bridgehead atoms. The van der Waals surface area contributed by atoms with Crippen LogP contribution in [0.2, 0.25) is 0 Å². The van der Waals surface area contributed by atoms with Crippen molar-refractivity contribution in [2.24, 2.45) is 0 Å². The Kier molecular flexibility index (Phi) is 5.50. The van der Waals surface area contributed by atoms with Gasteiger partial charge in [-0.2, -0.15) is 18.4 Å². The highest BCUT2D eigenvalue weighted by atomic mass is 19.4. The lowest BCUT2D eigenvalue weighted by molar-refractivity contribution is -0.174. The van der Waals surface area contributed by atoms with Gasteiger partial charge in [0.05, 0.1) is 18.7 Å². The van der Waals surface area contributed by atoms with E-state index in [0.29, 0.717) is 6.54 Å². The molecular weight excluding hydrogens is 197 g/mol. The molecule has 0 saturated carbocycles. The molecule has 6 heteroatoms. The molecule has 0 spiro atoms. The Labute approximate surface area is 81.1 Å². The Morgan fingerprint density at radius 1 is 1.50 bits per heavy atom. The number of alkyl halides is 3. The van der Waals surface area contributed by atoms with E-state index in [1.54, 1.807) is 18.9 Å². The third-order valence-corrected chi connectivity index (χ3v) is 1.70. The maximum Gasteiger partial charge on any atom is 0.411 e. The second-order valence-corrected chi connectivity index (χ2v) is 2.95. The summed E-state index contributed by atoms with van der Waals surface area (Å²) in [6.45, 7) is 0.721. The molecule has 0 aliphatic rings. The smallest absolute Gasteiger partial charge is 0.371 e. The van der Waals surface area contributed by atoms with E-state index in [4.69, 9.17) is 5.26 Å². The summed E-state index contributed by atoms with van der Waals surface area (Å²) < 4.78 is 39.2. The Hall–Kier alpha value is -0.800. The summed E-state index contributed by atoms with van der Waals surface area (Å²) >= 11 is 0. The lowest BCUT2D eigenvalue weighted by Crippen LogP contribution is -2.32. The molecule has 0 aromatic rings. The number of likely N-dealkylation sites (N-methyl/N-ethyl adjacent to an activating group) is 1. The van der Waals surface area contributed by atoms with E-state index in [-0.39, 0.29) is 12.6 Å². The van der Waals surface area contributed by atoms with E-state index in [9.17, 15) is 13.2 Å². The molecule has 3 nitrogen and oxygen atoms in total. The number of nitriles is 1. The molecule has 1 atom stereocenters. The first-order valence-electron chi connectivity index (χ1n) is 4.11. The zero-order valence-corrected chi connectivity index (χ0v) is 8.14. The van der Waals surface area contributed by atoms with E-state index < -0.39 is 12.8 Å². The average molecular weight is 210 g/mol.